The van der Waals surface area contributed by atoms with Crippen molar-refractivity contribution in [2.75, 3.05) is 5.32 Å². The number of aromatic nitrogens is 1. The zero-order valence-corrected chi connectivity index (χ0v) is 7.84. The maximum atomic E-state index is 10.8. The standard InChI is InChI=1S/C8H7BrN2O/c1-2-7(12)11-8-6(9)4-3-5-10-8/h2-5H,1H2,(H,10,11,12). The number of rotatable bonds is 2. The lowest BCUT2D eigenvalue weighted by Gasteiger charge is -2.01. The molecule has 0 spiro atoms. The molecule has 0 fully saturated rings. The highest BCUT2D eigenvalue weighted by atomic mass is 79.9. The maximum absolute atomic E-state index is 10.8. The first-order chi connectivity index (χ1) is 5.74. The smallest absolute Gasteiger partial charge is 0.248 e. The second kappa shape index (κ2) is 4.01. The number of halogens is 1. The summed E-state index contributed by atoms with van der Waals surface area (Å²) in [5.41, 5.74) is 0. The highest BCUT2D eigenvalue weighted by Crippen LogP contribution is 2.17. The Morgan fingerprint density at radius 2 is 2.50 bits per heavy atom. The third-order valence-electron chi connectivity index (χ3n) is 1.19. The van der Waals surface area contributed by atoms with Crippen molar-refractivity contribution in [1.82, 2.24) is 4.98 Å². The van der Waals surface area contributed by atoms with Gasteiger partial charge in [0.25, 0.3) is 0 Å². The van der Waals surface area contributed by atoms with E-state index in [-0.39, 0.29) is 5.91 Å². The molecule has 1 amide bonds. The van der Waals surface area contributed by atoms with Crippen molar-refractivity contribution in [3.8, 4) is 0 Å². The van der Waals surface area contributed by atoms with Gasteiger partial charge in [0.05, 0.1) is 4.47 Å². The van der Waals surface area contributed by atoms with Gasteiger partial charge < -0.3 is 5.32 Å². The van der Waals surface area contributed by atoms with Crippen molar-refractivity contribution in [3.63, 3.8) is 0 Å². The summed E-state index contributed by atoms with van der Waals surface area (Å²) in [6.45, 7) is 3.33. The summed E-state index contributed by atoms with van der Waals surface area (Å²) in [6, 6.07) is 3.57. The lowest BCUT2D eigenvalue weighted by Crippen LogP contribution is -2.08. The van der Waals surface area contributed by atoms with Gasteiger partial charge in [-0.15, -0.1) is 0 Å². The molecule has 12 heavy (non-hydrogen) atoms. The molecule has 4 heteroatoms. The molecule has 0 radical (unpaired) electrons. The summed E-state index contributed by atoms with van der Waals surface area (Å²) in [6.07, 6.45) is 2.80. The lowest BCUT2D eigenvalue weighted by atomic mass is 10.4. The Labute approximate surface area is 78.6 Å². The molecule has 1 aromatic rings. The second-order valence-electron chi connectivity index (χ2n) is 2.03. The molecule has 0 unspecified atom stereocenters. The van der Waals surface area contributed by atoms with Crippen molar-refractivity contribution < 1.29 is 4.79 Å². The summed E-state index contributed by atoms with van der Waals surface area (Å²) < 4.78 is 0.750. The zero-order chi connectivity index (χ0) is 8.97. The average Bonchev–Trinajstić information content (AvgIpc) is 2.09. The number of hydrogen-bond acceptors (Lipinski definition) is 2. The number of pyridine rings is 1. The average molecular weight is 227 g/mol. The van der Waals surface area contributed by atoms with E-state index in [2.05, 4.69) is 32.8 Å². The number of nitrogens with zero attached hydrogens (tertiary/aromatic N) is 1. The molecule has 1 N–H and O–H groups in total. The zero-order valence-electron chi connectivity index (χ0n) is 6.25. The van der Waals surface area contributed by atoms with Crippen LogP contribution in [0.25, 0.3) is 0 Å². The molecule has 0 saturated carbocycles. The second-order valence-corrected chi connectivity index (χ2v) is 2.88. The fourth-order valence-corrected chi connectivity index (χ4v) is 1.000. The molecular weight excluding hydrogens is 220 g/mol. The molecule has 62 valence electrons. The topological polar surface area (TPSA) is 42.0 Å². The fourth-order valence-electron chi connectivity index (χ4n) is 0.645. The van der Waals surface area contributed by atoms with Crippen LogP contribution in [0, 0.1) is 0 Å². The van der Waals surface area contributed by atoms with Crippen LogP contribution in [0.4, 0.5) is 5.82 Å². The van der Waals surface area contributed by atoms with Crippen molar-refractivity contribution in [1.29, 1.82) is 0 Å². The Hall–Kier alpha value is -1.16. The maximum Gasteiger partial charge on any atom is 0.248 e. The lowest BCUT2D eigenvalue weighted by molar-refractivity contribution is -0.111. The Morgan fingerprint density at radius 1 is 1.75 bits per heavy atom. The van der Waals surface area contributed by atoms with E-state index in [1.54, 1.807) is 18.3 Å². The third kappa shape index (κ3) is 2.17. The van der Waals surface area contributed by atoms with Crippen molar-refractivity contribution in [2.24, 2.45) is 0 Å². The molecule has 1 heterocycles. The molecule has 3 nitrogen and oxygen atoms in total. The summed E-state index contributed by atoms with van der Waals surface area (Å²) in [5, 5.41) is 2.54. The third-order valence-corrected chi connectivity index (χ3v) is 1.83. The highest BCUT2D eigenvalue weighted by molar-refractivity contribution is 9.10. The van der Waals surface area contributed by atoms with E-state index < -0.39 is 0 Å². The van der Waals surface area contributed by atoms with Crippen LogP contribution in [0.15, 0.2) is 35.5 Å². The summed E-state index contributed by atoms with van der Waals surface area (Å²) in [7, 11) is 0. The quantitative estimate of drug-likeness (QED) is 0.784. The first kappa shape index (κ1) is 8.93. The van der Waals surface area contributed by atoms with E-state index in [9.17, 15) is 4.79 Å². The van der Waals surface area contributed by atoms with Gasteiger partial charge in [-0.3, -0.25) is 4.79 Å². The van der Waals surface area contributed by atoms with E-state index in [0.717, 1.165) is 4.47 Å². The number of hydrogen-bond donors (Lipinski definition) is 1. The Morgan fingerprint density at radius 3 is 3.08 bits per heavy atom. The van der Waals surface area contributed by atoms with Gasteiger partial charge in [-0.1, -0.05) is 6.58 Å². The molecular formula is C8H7BrN2O. The summed E-state index contributed by atoms with van der Waals surface area (Å²) in [4.78, 5) is 14.8. The Balaban J connectivity index is 2.82. The van der Waals surface area contributed by atoms with Gasteiger partial charge in [0, 0.05) is 6.20 Å². The summed E-state index contributed by atoms with van der Waals surface area (Å²) in [5.74, 6) is 0.233. The number of carbonyl (C=O) groups is 1. The SMILES string of the molecule is C=CC(=O)Nc1ncccc1Br. The molecule has 0 aliphatic heterocycles. The molecule has 0 bridgehead atoms. The molecule has 0 aliphatic carbocycles. The largest absolute Gasteiger partial charge is 0.306 e. The summed E-state index contributed by atoms with van der Waals surface area (Å²) >= 11 is 3.24. The minimum Gasteiger partial charge on any atom is -0.306 e. The van der Waals surface area contributed by atoms with Gasteiger partial charge in [-0.2, -0.15) is 0 Å². The van der Waals surface area contributed by atoms with Crippen LogP contribution in [-0.2, 0) is 4.79 Å². The minimum atomic E-state index is -0.269. The van der Waals surface area contributed by atoms with Crippen molar-refractivity contribution in [2.45, 2.75) is 0 Å². The van der Waals surface area contributed by atoms with Gasteiger partial charge >= 0.3 is 0 Å². The molecule has 0 atom stereocenters. The van der Waals surface area contributed by atoms with E-state index in [1.807, 2.05) is 0 Å². The van der Waals surface area contributed by atoms with Crippen LogP contribution >= 0.6 is 15.9 Å². The number of anilines is 1. The first-order valence-electron chi connectivity index (χ1n) is 3.28. The number of nitrogens with one attached hydrogen (secondary N) is 1. The van der Waals surface area contributed by atoms with E-state index in [1.165, 1.54) is 6.08 Å². The number of carbonyl (C=O) groups excluding carboxylic acids is 1. The molecule has 1 aromatic heterocycles. The van der Waals surface area contributed by atoms with Gasteiger partial charge in [0.15, 0.2) is 0 Å². The minimum absolute atomic E-state index is 0.269. The van der Waals surface area contributed by atoms with Crippen LogP contribution in [-0.4, -0.2) is 10.9 Å². The van der Waals surface area contributed by atoms with Gasteiger partial charge in [0.1, 0.15) is 5.82 Å². The van der Waals surface area contributed by atoms with Gasteiger partial charge in [0.2, 0.25) is 5.91 Å². The Kier molecular flexibility index (Phi) is 2.99. The molecule has 0 aromatic carbocycles. The first-order valence-corrected chi connectivity index (χ1v) is 4.07. The fraction of sp³-hybridized carbons (Fsp3) is 0. The Bertz CT molecular complexity index is 312. The van der Waals surface area contributed by atoms with Gasteiger partial charge in [-0.05, 0) is 34.1 Å². The van der Waals surface area contributed by atoms with E-state index >= 15 is 0 Å². The molecule has 0 saturated heterocycles. The van der Waals surface area contributed by atoms with Crippen LogP contribution in [0.1, 0.15) is 0 Å². The van der Waals surface area contributed by atoms with E-state index in [4.69, 9.17) is 0 Å². The van der Waals surface area contributed by atoms with Crippen LogP contribution < -0.4 is 5.32 Å². The van der Waals surface area contributed by atoms with E-state index in [0.29, 0.717) is 5.82 Å². The molecule has 0 aliphatic rings. The highest BCUT2D eigenvalue weighted by Gasteiger charge is 2.01. The van der Waals surface area contributed by atoms with Crippen LogP contribution in [0.2, 0.25) is 0 Å². The van der Waals surface area contributed by atoms with Crippen molar-refractivity contribution >= 4 is 27.7 Å². The normalized spacial score (nSPS) is 9.08. The number of amides is 1. The predicted molar refractivity (Wildman–Crippen MR) is 50.8 cm³/mol. The van der Waals surface area contributed by atoms with Gasteiger partial charge in [-0.25, -0.2) is 4.98 Å². The van der Waals surface area contributed by atoms with Crippen LogP contribution in [0.5, 0.6) is 0 Å². The predicted octanol–water partition coefficient (Wildman–Crippen LogP) is 1.97. The monoisotopic (exact) mass is 226 g/mol. The molecule has 1 rings (SSSR count). The van der Waals surface area contributed by atoms with Crippen LogP contribution in [0.3, 0.4) is 0 Å². The van der Waals surface area contributed by atoms with Crippen molar-refractivity contribution in [3.05, 3.63) is 35.5 Å².